The van der Waals surface area contributed by atoms with Gasteiger partial charge in [-0.2, -0.15) is 0 Å². The van der Waals surface area contributed by atoms with Crippen LogP contribution in [0.1, 0.15) is 51.0 Å². The maximum absolute atomic E-state index is 13.3. The molecular formula is C19H24FNO3S. The standard InChI is InChI=1S/C19H24FNO3S/c1-18(2)13-6-7-19(18,17(22)9-13)11-25(23,24)21-16-10-15(16)12-4-3-5-14(20)8-12/h3-5,8,13,15-16,21H,6-7,9-11H2,1-2H3. The summed E-state index contributed by atoms with van der Waals surface area (Å²) in [6.07, 6.45) is 2.79. The van der Waals surface area contributed by atoms with Crippen molar-refractivity contribution >= 4 is 15.8 Å². The highest BCUT2D eigenvalue weighted by molar-refractivity contribution is 7.89. The van der Waals surface area contributed by atoms with Gasteiger partial charge in [0.15, 0.2) is 0 Å². The fourth-order valence-electron chi connectivity index (χ4n) is 5.14. The fourth-order valence-corrected chi connectivity index (χ4v) is 7.27. The number of carbonyl (C=O) groups excluding carboxylic acids is 1. The molecule has 4 atom stereocenters. The Morgan fingerprint density at radius 1 is 1.32 bits per heavy atom. The maximum Gasteiger partial charge on any atom is 0.212 e. The van der Waals surface area contributed by atoms with Crippen molar-refractivity contribution in [3.8, 4) is 0 Å². The number of sulfonamides is 1. The van der Waals surface area contributed by atoms with Gasteiger partial charge < -0.3 is 0 Å². The van der Waals surface area contributed by atoms with Gasteiger partial charge in [-0.05, 0) is 48.3 Å². The molecule has 3 fully saturated rings. The van der Waals surface area contributed by atoms with E-state index in [1.165, 1.54) is 12.1 Å². The van der Waals surface area contributed by atoms with E-state index in [4.69, 9.17) is 0 Å². The van der Waals surface area contributed by atoms with Crippen molar-refractivity contribution in [2.75, 3.05) is 5.75 Å². The predicted molar refractivity (Wildman–Crippen MR) is 93.0 cm³/mol. The summed E-state index contributed by atoms with van der Waals surface area (Å²) in [5, 5.41) is 0. The third-order valence-electron chi connectivity index (χ3n) is 6.97. The number of hydrogen-bond acceptors (Lipinski definition) is 3. The topological polar surface area (TPSA) is 63.2 Å². The highest BCUT2D eigenvalue weighted by atomic mass is 32.2. The third-order valence-corrected chi connectivity index (χ3v) is 8.51. The summed E-state index contributed by atoms with van der Waals surface area (Å²) in [6.45, 7) is 4.08. The lowest BCUT2D eigenvalue weighted by Gasteiger charge is -2.36. The van der Waals surface area contributed by atoms with Crippen molar-refractivity contribution in [3.05, 3.63) is 35.6 Å². The zero-order valence-corrected chi connectivity index (χ0v) is 15.4. The largest absolute Gasteiger partial charge is 0.299 e. The van der Waals surface area contributed by atoms with Gasteiger partial charge in [-0.15, -0.1) is 0 Å². The fraction of sp³-hybridized carbons (Fsp3) is 0.632. The average Bonchev–Trinajstić information content (AvgIpc) is 3.18. The number of ketones is 1. The van der Waals surface area contributed by atoms with Crippen molar-refractivity contribution < 1.29 is 17.6 Å². The van der Waals surface area contributed by atoms with E-state index in [1.807, 2.05) is 19.9 Å². The molecule has 4 unspecified atom stereocenters. The van der Waals surface area contributed by atoms with Gasteiger partial charge in [0.05, 0.1) is 5.75 Å². The Bertz CT molecular complexity index is 835. The van der Waals surface area contributed by atoms with Crippen LogP contribution in [0.4, 0.5) is 4.39 Å². The van der Waals surface area contributed by atoms with Gasteiger partial charge in [0.2, 0.25) is 10.0 Å². The summed E-state index contributed by atoms with van der Waals surface area (Å²) in [5.74, 6) is 0.00822. The van der Waals surface area contributed by atoms with Gasteiger partial charge >= 0.3 is 0 Å². The number of nitrogens with one attached hydrogen (secondary N) is 1. The molecular weight excluding hydrogens is 341 g/mol. The molecule has 0 radical (unpaired) electrons. The SMILES string of the molecule is CC1(C)C2CCC1(CS(=O)(=O)NC1CC1c1cccc(F)c1)C(=O)C2. The molecule has 25 heavy (non-hydrogen) atoms. The van der Waals surface area contributed by atoms with Crippen molar-refractivity contribution in [1.82, 2.24) is 4.72 Å². The van der Waals surface area contributed by atoms with E-state index in [2.05, 4.69) is 4.72 Å². The quantitative estimate of drug-likeness (QED) is 0.872. The molecule has 4 nitrogen and oxygen atoms in total. The van der Waals surface area contributed by atoms with Crippen LogP contribution in [0.15, 0.2) is 24.3 Å². The minimum Gasteiger partial charge on any atom is -0.299 e. The number of hydrogen-bond donors (Lipinski definition) is 1. The smallest absolute Gasteiger partial charge is 0.212 e. The summed E-state index contributed by atoms with van der Waals surface area (Å²) in [7, 11) is -3.57. The normalized spacial score (nSPS) is 36.0. The maximum atomic E-state index is 13.3. The molecule has 0 amide bonds. The van der Waals surface area contributed by atoms with Crippen LogP contribution in [0.5, 0.6) is 0 Å². The van der Waals surface area contributed by atoms with Crippen LogP contribution >= 0.6 is 0 Å². The monoisotopic (exact) mass is 365 g/mol. The third kappa shape index (κ3) is 2.65. The van der Waals surface area contributed by atoms with E-state index in [0.717, 1.165) is 12.0 Å². The lowest BCUT2D eigenvalue weighted by molar-refractivity contribution is -0.128. The summed E-state index contributed by atoms with van der Waals surface area (Å²) in [6, 6.07) is 6.12. The molecule has 0 aromatic heterocycles. The highest BCUT2D eigenvalue weighted by Gasteiger charge is 2.65. The van der Waals surface area contributed by atoms with E-state index in [0.29, 0.717) is 25.2 Å². The molecule has 0 spiro atoms. The van der Waals surface area contributed by atoms with Crippen LogP contribution in [0.25, 0.3) is 0 Å². The van der Waals surface area contributed by atoms with Crippen molar-refractivity contribution in [1.29, 1.82) is 0 Å². The van der Waals surface area contributed by atoms with Crippen LogP contribution in [0.2, 0.25) is 0 Å². The first kappa shape index (κ1) is 17.2. The first-order valence-corrected chi connectivity index (χ1v) is 10.6. The van der Waals surface area contributed by atoms with Gasteiger partial charge in [-0.3, -0.25) is 4.79 Å². The first-order valence-electron chi connectivity index (χ1n) is 8.93. The predicted octanol–water partition coefficient (Wildman–Crippen LogP) is 3.00. The highest BCUT2D eigenvalue weighted by Crippen LogP contribution is 2.64. The van der Waals surface area contributed by atoms with Crippen LogP contribution in [0, 0.1) is 22.6 Å². The Hall–Kier alpha value is -1.27. The number of Topliss-reactive ketones (excluding diaryl/α,β-unsaturated/α-hetero) is 1. The molecule has 3 aliphatic rings. The summed E-state index contributed by atoms with van der Waals surface area (Å²) < 4.78 is 41.6. The molecule has 0 aliphatic heterocycles. The summed E-state index contributed by atoms with van der Waals surface area (Å²) in [5.41, 5.74) is -0.180. The minimum absolute atomic E-state index is 0.0200. The molecule has 4 rings (SSSR count). The minimum atomic E-state index is -3.57. The Balaban J connectivity index is 1.48. The number of fused-ring (bicyclic) bond motifs is 2. The zero-order chi connectivity index (χ0) is 18.0. The first-order chi connectivity index (χ1) is 11.6. The van der Waals surface area contributed by atoms with Crippen molar-refractivity contribution in [3.63, 3.8) is 0 Å². The second-order valence-corrected chi connectivity index (χ2v) is 10.3. The van der Waals surface area contributed by atoms with Gasteiger partial charge in [-0.1, -0.05) is 26.0 Å². The molecule has 1 N–H and O–H groups in total. The molecule has 0 heterocycles. The summed E-state index contributed by atoms with van der Waals surface area (Å²) >= 11 is 0. The van der Waals surface area contributed by atoms with Crippen LogP contribution in [-0.4, -0.2) is 26.0 Å². The van der Waals surface area contributed by atoms with Crippen molar-refractivity contribution in [2.24, 2.45) is 16.7 Å². The molecule has 1 aromatic rings. The lowest BCUT2D eigenvalue weighted by Crippen LogP contribution is -2.45. The molecule has 3 saturated carbocycles. The summed E-state index contributed by atoms with van der Waals surface area (Å²) in [4.78, 5) is 12.5. The van der Waals surface area contributed by atoms with Crippen molar-refractivity contribution in [2.45, 2.75) is 51.5 Å². The van der Waals surface area contributed by atoms with E-state index >= 15 is 0 Å². The molecule has 0 saturated heterocycles. The van der Waals surface area contributed by atoms with Gasteiger partial charge in [-0.25, -0.2) is 17.5 Å². The molecule has 2 bridgehead atoms. The second-order valence-electron chi connectivity index (χ2n) is 8.55. The van der Waals surface area contributed by atoms with E-state index in [-0.39, 0.29) is 34.7 Å². The van der Waals surface area contributed by atoms with E-state index < -0.39 is 15.4 Å². The van der Waals surface area contributed by atoms with Crippen LogP contribution in [-0.2, 0) is 14.8 Å². The molecule has 6 heteroatoms. The Morgan fingerprint density at radius 3 is 2.68 bits per heavy atom. The Kier molecular flexibility index (Phi) is 3.68. The lowest BCUT2D eigenvalue weighted by atomic mass is 9.70. The van der Waals surface area contributed by atoms with Crippen LogP contribution < -0.4 is 4.72 Å². The zero-order valence-electron chi connectivity index (χ0n) is 14.6. The average molecular weight is 365 g/mol. The number of benzene rings is 1. The molecule has 3 aliphatic carbocycles. The Morgan fingerprint density at radius 2 is 2.08 bits per heavy atom. The van der Waals surface area contributed by atoms with E-state index in [1.54, 1.807) is 6.07 Å². The van der Waals surface area contributed by atoms with Gasteiger partial charge in [0.1, 0.15) is 11.6 Å². The number of halogens is 1. The van der Waals surface area contributed by atoms with Gasteiger partial charge in [0.25, 0.3) is 0 Å². The van der Waals surface area contributed by atoms with Gasteiger partial charge in [0, 0.05) is 23.8 Å². The Labute approximate surface area is 148 Å². The van der Waals surface area contributed by atoms with Crippen LogP contribution in [0.3, 0.4) is 0 Å². The number of carbonyl (C=O) groups is 1. The van der Waals surface area contributed by atoms with E-state index in [9.17, 15) is 17.6 Å². The number of rotatable bonds is 5. The second kappa shape index (κ2) is 5.36. The molecule has 136 valence electrons. The molecule has 1 aromatic carbocycles.